The minimum Gasteiger partial charge on any atom is -0.369 e. The summed E-state index contributed by atoms with van der Waals surface area (Å²) in [6, 6.07) is 0.277. The Bertz CT molecular complexity index is 586. The molecule has 4 heteroatoms. The number of primary amides is 1. The molecule has 23 heavy (non-hydrogen) atoms. The summed E-state index contributed by atoms with van der Waals surface area (Å²) < 4.78 is 0. The SMILES string of the molecule is C[C@]12C=CC(=O)NC1CC[C@@H]1[C@@H]2CC[C@]2(C)C(C(N)=O)CC[C@@H]12. The van der Waals surface area contributed by atoms with Gasteiger partial charge in [0.15, 0.2) is 0 Å². The van der Waals surface area contributed by atoms with Gasteiger partial charge in [-0.3, -0.25) is 9.59 Å². The van der Waals surface area contributed by atoms with Crippen LogP contribution in [0.1, 0.15) is 52.4 Å². The molecule has 2 unspecified atom stereocenters. The van der Waals surface area contributed by atoms with Crippen LogP contribution in [0.4, 0.5) is 0 Å². The number of hydrogen-bond donors (Lipinski definition) is 2. The van der Waals surface area contributed by atoms with Gasteiger partial charge in [-0.1, -0.05) is 19.9 Å². The Balaban J connectivity index is 1.66. The standard InChI is InChI=1S/C19H28N2O2/c1-18-9-7-13-11(12(18)4-5-14(18)17(20)23)3-6-15-19(13,2)10-8-16(22)21-15/h8,10-15H,3-7,9H2,1-2H3,(H2,20,23)(H,21,22)/t11-,12-,13-,14?,15?,18-,19+/m0/s1. The van der Waals surface area contributed by atoms with Gasteiger partial charge in [-0.05, 0) is 67.8 Å². The Labute approximate surface area is 138 Å². The fraction of sp³-hybridized carbons (Fsp3) is 0.789. The van der Waals surface area contributed by atoms with E-state index in [9.17, 15) is 9.59 Å². The topological polar surface area (TPSA) is 72.2 Å². The largest absolute Gasteiger partial charge is 0.369 e. The van der Waals surface area contributed by atoms with Gasteiger partial charge >= 0.3 is 0 Å². The van der Waals surface area contributed by atoms with Crippen LogP contribution in [0.15, 0.2) is 12.2 Å². The van der Waals surface area contributed by atoms with Crippen molar-refractivity contribution in [1.29, 1.82) is 0 Å². The summed E-state index contributed by atoms with van der Waals surface area (Å²) in [5, 5.41) is 3.19. The van der Waals surface area contributed by atoms with E-state index in [1.54, 1.807) is 6.08 Å². The van der Waals surface area contributed by atoms with Crippen molar-refractivity contribution in [2.24, 2.45) is 40.2 Å². The normalized spacial score (nSPS) is 51.4. The molecule has 3 aliphatic carbocycles. The van der Waals surface area contributed by atoms with Crippen LogP contribution < -0.4 is 11.1 Å². The third-order valence-corrected chi connectivity index (χ3v) is 8.03. The van der Waals surface area contributed by atoms with Crippen LogP contribution in [0.5, 0.6) is 0 Å². The van der Waals surface area contributed by atoms with Gasteiger partial charge in [-0.15, -0.1) is 0 Å². The summed E-state index contributed by atoms with van der Waals surface area (Å²) in [7, 11) is 0. The Hall–Kier alpha value is -1.32. The number of nitrogens with two attached hydrogens (primary N) is 1. The molecule has 3 N–H and O–H groups in total. The minimum atomic E-state index is -0.0989. The predicted octanol–water partition coefficient (Wildman–Crippen LogP) is 2.39. The highest BCUT2D eigenvalue weighted by atomic mass is 16.2. The second-order valence-corrected chi connectivity index (χ2v) is 8.79. The Kier molecular flexibility index (Phi) is 3.20. The fourth-order valence-corrected chi connectivity index (χ4v) is 6.80. The molecule has 7 atom stereocenters. The predicted molar refractivity (Wildman–Crippen MR) is 88.1 cm³/mol. The molecule has 0 bridgehead atoms. The molecule has 4 aliphatic rings. The van der Waals surface area contributed by atoms with E-state index in [0.717, 1.165) is 32.1 Å². The molecule has 0 spiro atoms. The molecule has 4 rings (SSSR count). The lowest BCUT2D eigenvalue weighted by molar-refractivity contribution is -0.131. The highest BCUT2D eigenvalue weighted by molar-refractivity contribution is 5.89. The van der Waals surface area contributed by atoms with Crippen molar-refractivity contribution in [3.8, 4) is 0 Å². The number of hydrogen-bond acceptors (Lipinski definition) is 2. The molecular weight excluding hydrogens is 288 g/mol. The molecule has 126 valence electrons. The lowest BCUT2D eigenvalue weighted by Gasteiger charge is -2.58. The summed E-state index contributed by atoms with van der Waals surface area (Å²) in [5.74, 6) is 1.91. The molecule has 1 heterocycles. The van der Waals surface area contributed by atoms with Gasteiger partial charge < -0.3 is 11.1 Å². The van der Waals surface area contributed by atoms with Crippen LogP contribution in [0.3, 0.4) is 0 Å². The van der Waals surface area contributed by atoms with Gasteiger partial charge in [0.2, 0.25) is 11.8 Å². The zero-order valence-corrected chi connectivity index (χ0v) is 14.2. The van der Waals surface area contributed by atoms with Gasteiger partial charge in [-0.2, -0.15) is 0 Å². The van der Waals surface area contributed by atoms with E-state index in [0.29, 0.717) is 17.8 Å². The molecule has 4 nitrogen and oxygen atoms in total. The summed E-state index contributed by atoms with van der Waals surface area (Å²) in [6.45, 7) is 4.64. The van der Waals surface area contributed by atoms with Gasteiger partial charge in [0.1, 0.15) is 0 Å². The van der Waals surface area contributed by atoms with Gasteiger partial charge in [0.25, 0.3) is 0 Å². The van der Waals surface area contributed by atoms with E-state index >= 15 is 0 Å². The van der Waals surface area contributed by atoms with Crippen LogP contribution in [0.2, 0.25) is 0 Å². The second-order valence-electron chi connectivity index (χ2n) is 8.79. The van der Waals surface area contributed by atoms with Crippen molar-refractivity contribution in [2.75, 3.05) is 0 Å². The van der Waals surface area contributed by atoms with E-state index in [1.807, 2.05) is 0 Å². The maximum absolute atomic E-state index is 11.9. The molecule has 0 aromatic carbocycles. The molecule has 3 saturated carbocycles. The number of rotatable bonds is 1. The number of fused-ring (bicyclic) bond motifs is 5. The Morgan fingerprint density at radius 1 is 1.17 bits per heavy atom. The maximum Gasteiger partial charge on any atom is 0.243 e. The zero-order valence-electron chi connectivity index (χ0n) is 14.2. The number of carbonyl (C=O) groups excluding carboxylic acids is 2. The number of carbonyl (C=O) groups is 2. The van der Waals surface area contributed by atoms with Crippen LogP contribution in [0.25, 0.3) is 0 Å². The third-order valence-electron chi connectivity index (χ3n) is 8.03. The summed E-state index contributed by atoms with van der Waals surface area (Å²) in [6.07, 6.45) is 10.5. The van der Waals surface area contributed by atoms with Gasteiger partial charge in [0.05, 0.1) is 0 Å². The molecule has 0 radical (unpaired) electrons. The van der Waals surface area contributed by atoms with Crippen LogP contribution in [0, 0.1) is 34.5 Å². The molecule has 0 aromatic rings. The van der Waals surface area contributed by atoms with Gasteiger partial charge in [0, 0.05) is 17.4 Å². The highest BCUT2D eigenvalue weighted by Gasteiger charge is 2.60. The lowest BCUT2D eigenvalue weighted by Crippen LogP contribution is -2.59. The second kappa shape index (κ2) is 4.84. The lowest BCUT2D eigenvalue weighted by atomic mass is 9.48. The van der Waals surface area contributed by atoms with Crippen molar-refractivity contribution < 1.29 is 9.59 Å². The van der Waals surface area contributed by atoms with E-state index in [4.69, 9.17) is 5.73 Å². The van der Waals surface area contributed by atoms with Crippen molar-refractivity contribution in [3.63, 3.8) is 0 Å². The van der Waals surface area contributed by atoms with Crippen LogP contribution in [-0.4, -0.2) is 17.9 Å². The zero-order chi connectivity index (χ0) is 16.4. The summed E-state index contributed by atoms with van der Waals surface area (Å²) >= 11 is 0. The van der Waals surface area contributed by atoms with Crippen molar-refractivity contribution in [1.82, 2.24) is 5.32 Å². The Morgan fingerprint density at radius 2 is 1.96 bits per heavy atom. The van der Waals surface area contributed by atoms with E-state index in [-0.39, 0.29) is 34.6 Å². The first-order valence-electron chi connectivity index (χ1n) is 9.15. The van der Waals surface area contributed by atoms with Gasteiger partial charge in [-0.25, -0.2) is 0 Å². The first-order chi connectivity index (χ1) is 10.9. The van der Waals surface area contributed by atoms with E-state index in [1.165, 1.54) is 6.42 Å². The van der Waals surface area contributed by atoms with E-state index in [2.05, 4.69) is 25.2 Å². The molecular formula is C19H28N2O2. The number of nitrogens with one attached hydrogen (secondary N) is 1. The smallest absolute Gasteiger partial charge is 0.243 e. The molecule has 3 fully saturated rings. The third kappa shape index (κ3) is 1.96. The minimum absolute atomic E-state index is 0.0561. The molecule has 1 aliphatic heterocycles. The first kappa shape index (κ1) is 15.2. The number of amides is 2. The van der Waals surface area contributed by atoms with Crippen molar-refractivity contribution in [3.05, 3.63) is 12.2 Å². The summed E-state index contributed by atoms with van der Waals surface area (Å²) in [5.41, 5.74) is 5.88. The Morgan fingerprint density at radius 3 is 2.70 bits per heavy atom. The first-order valence-corrected chi connectivity index (χ1v) is 9.15. The van der Waals surface area contributed by atoms with Crippen LogP contribution in [-0.2, 0) is 9.59 Å². The van der Waals surface area contributed by atoms with Crippen molar-refractivity contribution in [2.45, 2.75) is 58.4 Å². The highest BCUT2D eigenvalue weighted by Crippen LogP contribution is 2.64. The maximum atomic E-state index is 11.9. The quantitative estimate of drug-likeness (QED) is 0.779. The average Bonchev–Trinajstić information content (AvgIpc) is 2.85. The fourth-order valence-electron chi connectivity index (χ4n) is 6.80. The molecule has 0 saturated heterocycles. The van der Waals surface area contributed by atoms with E-state index < -0.39 is 0 Å². The summed E-state index contributed by atoms with van der Waals surface area (Å²) in [4.78, 5) is 23.6. The monoisotopic (exact) mass is 316 g/mol. The molecule has 0 aromatic heterocycles. The molecule has 2 amide bonds. The average molecular weight is 316 g/mol. The van der Waals surface area contributed by atoms with Crippen LogP contribution >= 0.6 is 0 Å². The van der Waals surface area contributed by atoms with Crippen molar-refractivity contribution >= 4 is 11.8 Å².